The van der Waals surface area contributed by atoms with Gasteiger partial charge in [-0.15, -0.1) is 0 Å². The Labute approximate surface area is 148 Å². The normalized spacial score (nSPS) is 28.1. The average Bonchev–Trinajstić information content (AvgIpc) is 2.55. The van der Waals surface area contributed by atoms with E-state index in [1.54, 1.807) is 11.1 Å². The zero-order valence-electron chi connectivity index (χ0n) is 16.0. The first-order chi connectivity index (χ1) is 11.4. The molecule has 24 heavy (non-hydrogen) atoms. The number of likely N-dealkylation sites (N-methyl/N-ethyl adjacent to an activating group) is 2. The molecule has 2 unspecified atom stereocenters. The molecule has 0 aromatic heterocycles. The Bertz CT molecular complexity index is 637. The largest absolute Gasteiger partial charge is 0.365 e. The van der Waals surface area contributed by atoms with E-state index in [1.807, 2.05) is 0 Å². The molecular weight excluding hydrogens is 292 g/mol. The van der Waals surface area contributed by atoms with Gasteiger partial charge in [-0.3, -0.25) is 4.48 Å². The van der Waals surface area contributed by atoms with Crippen molar-refractivity contribution in [1.29, 1.82) is 0 Å². The van der Waals surface area contributed by atoms with E-state index in [4.69, 9.17) is 0 Å². The van der Waals surface area contributed by atoms with Crippen molar-refractivity contribution in [3.63, 3.8) is 0 Å². The summed E-state index contributed by atoms with van der Waals surface area (Å²) in [5, 5.41) is 0. The number of rotatable bonds is 3. The number of hydrogen-bond donors (Lipinski definition) is 0. The van der Waals surface area contributed by atoms with E-state index in [-0.39, 0.29) is 0 Å². The summed E-state index contributed by atoms with van der Waals surface area (Å²) in [6.07, 6.45) is 20.8. The third-order valence-corrected chi connectivity index (χ3v) is 5.68. The number of allylic oxidation sites excluding steroid dienone is 6. The number of quaternary nitrogens is 1. The van der Waals surface area contributed by atoms with Crippen LogP contribution in [0.2, 0.25) is 0 Å². The maximum Gasteiger partial charge on any atom is 0.148 e. The van der Waals surface area contributed by atoms with Crippen molar-refractivity contribution >= 4 is 0 Å². The van der Waals surface area contributed by atoms with Gasteiger partial charge in [0.2, 0.25) is 0 Å². The molecule has 130 valence electrons. The predicted octanol–water partition coefficient (Wildman–Crippen LogP) is 4.80. The molecule has 1 heterocycles. The van der Waals surface area contributed by atoms with Gasteiger partial charge in [-0.2, -0.15) is 0 Å². The van der Waals surface area contributed by atoms with Crippen LogP contribution in [0, 0.1) is 5.92 Å². The van der Waals surface area contributed by atoms with Crippen LogP contribution in [0.15, 0.2) is 59.0 Å². The Morgan fingerprint density at radius 2 is 1.88 bits per heavy atom. The molecule has 2 aliphatic carbocycles. The van der Waals surface area contributed by atoms with Gasteiger partial charge in [-0.1, -0.05) is 29.9 Å². The fraction of sp³-hybridized carbons (Fsp3) is 0.545. The molecule has 3 rings (SSSR count). The highest BCUT2D eigenvalue weighted by atomic mass is 15.3. The Kier molecular flexibility index (Phi) is 4.87. The third kappa shape index (κ3) is 3.59. The van der Waals surface area contributed by atoms with Gasteiger partial charge in [-0.25, -0.2) is 0 Å². The van der Waals surface area contributed by atoms with Gasteiger partial charge in [0.1, 0.15) is 5.70 Å². The van der Waals surface area contributed by atoms with Crippen LogP contribution in [-0.2, 0) is 0 Å². The summed E-state index contributed by atoms with van der Waals surface area (Å²) in [5.41, 5.74) is 6.06. The van der Waals surface area contributed by atoms with Crippen molar-refractivity contribution in [3.05, 3.63) is 59.0 Å². The minimum absolute atomic E-state index is 0.400. The monoisotopic (exact) mass is 325 g/mol. The molecule has 2 nitrogen and oxygen atoms in total. The van der Waals surface area contributed by atoms with Crippen LogP contribution < -0.4 is 0 Å². The van der Waals surface area contributed by atoms with Crippen LogP contribution in [0.5, 0.6) is 0 Å². The lowest BCUT2D eigenvalue weighted by atomic mass is 9.78. The van der Waals surface area contributed by atoms with Crippen LogP contribution in [-0.4, -0.2) is 43.6 Å². The van der Waals surface area contributed by atoms with Crippen molar-refractivity contribution in [1.82, 2.24) is 4.90 Å². The molecule has 0 radical (unpaired) electrons. The molecule has 0 saturated heterocycles. The van der Waals surface area contributed by atoms with Crippen LogP contribution in [0.25, 0.3) is 0 Å². The third-order valence-electron chi connectivity index (χ3n) is 5.68. The Hall–Kier alpha value is -1.54. The van der Waals surface area contributed by atoms with Crippen LogP contribution >= 0.6 is 0 Å². The van der Waals surface area contributed by atoms with Gasteiger partial charge < -0.3 is 4.90 Å². The van der Waals surface area contributed by atoms with E-state index in [0.29, 0.717) is 12.0 Å². The quantitative estimate of drug-likeness (QED) is 0.532. The second-order valence-corrected chi connectivity index (χ2v) is 8.44. The fourth-order valence-electron chi connectivity index (χ4n) is 4.06. The minimum atomic E-state index is 0.400. The van der Waals surface area contributed by atoms with Gasteiger partial charge in [0, 0.05) is 13.0 Å². The standard InChI is InChI=1S/C22H33N2/c1-17-11-12-19(18-9-7-6-8-10-18)15-21(17)22-14-13-20(16-23(22)2)24(3,4)5/h9,11-14,16,19,22H,6-8,10,15H2,1-5H3/q+1. The summed E-state index contributed by atoms with van der Waals surface area (Å²) in [5.74, 6) is 0.620. The molecule has 0 N–H and O–H groups in total. The molecule has 0 saturated carbocycles. The molecule has 2 atom stereocenters. The van der Waals surface area contributed by atoms with Crippen molar-refractivity contribution in [2.75, 3.05) is 28.2 Å². The second-order valence-electron chi connectivity index (χ2n) is 8.44. The van der Waals surface area contributed by atoms with E-state index in [9.17, 15) is 0 Å². The van der Waals surface area contributed by atoms with E-state index >= 15 is 0 Å². The lowest BCUT2D eigenvalue weighted by Crippen LogP contribution is -2.38. The molecule has 1 aliphatic heterocycles. The highest BCUT2D eigenvalue weighted by molar-refractivity contribution is 5.40. The lowest BCUT2D eigenvalue weighted by Gasteiger charge is -2.36. The number of hydrogen-bond acceptors (Lipinski definition) is 1. The summed E-state index contributed by atoms with van der Waals surface area (Å²) < 4.78 is 0.862. The SMILES string of the molecule is CC1=C(C2C=CC([N+](C)(C)C)=CN2C)CC(C2=CCCCC2)C=C1. The summed E-state index contributed by atoms with van der Waals surface area (Å²) >= 11 is 0. The minimum Gasteiger partial charge on any atom is -0.365 e. The van der Waals surface area contributed by atoms with Crippen LogP contribution in [0.4, 0.5) is 0 Å². The average molecular weight is 326 g/mol. The molecule has 0 aromatic carbocycles. The first-order valence-corrected chi connectivity index (χ1v) is 9.37. The Morgan fingerprint density at radius 1 is 1.08 bits per heavy atom. The highest BCUT2D eigenvalue weighted by Crippen LogP contribution is 2.37. The summed E-state index contributed by atoms with van der Waals surface area (Å²) in [6.45, 7) is 2.28. The molecule has 0 bridgehead atoms. The smallest absolute Gasteiger partial charge is 0.148 e. The Balaban J connectivity index is 1.79. The predicted molar refractivity (Wildman–Crippen MR) is 103 cm³/mol. The van der Waals surface area contributed by atoms with E-state index < -0.39 is 0 Å². The zero-order chi connectivity index (χ0) is 17.3. The highest BCUT2D eigenvalue weighted by Gasteiger charge is 2.28. The van der Waals surface area contributed by atoms with Gasteiger partial charge in [0.05, 0.1) is 33.4 Å². The van der Waals surface area contributed by atoms with Crippen molar-refractivity contribution < 1.29 is 4.48 Å². The van der Waals surface area contributed by atoms with Gasteiger partial charge in [0.25, 0.3) is 0 Å². The van der Waals surface area contributed by atoms with E-state index in [0.717, 1.165) is 4.48 Å². The molecule has 0 amide bonds. The summed E-state index contributed by atoms with van der Waals surface area (Å²) in [6, 6.07) is 0.400. The van der Waals surface area contributed by atoms with Crippen LogP contribution in [0.1, 0.15) is 39.0 Å². The topological polar surface area (TPSA) is 3.24 Å². The van der Waals surface area contributed by atoms with E-state index in [1.165, 1.54) is 43.4 Å². The van der Waals surface area contributed by atoms with Gasteiger partial charge in [0.15, 0.2) is 0 Å². The van der Waals surface area contributed by atoms with Crippen LogP contribution in [0.3, 0.4) is 0 Å². The molecule has 0 spiro atoms. The van der Waals surface area contributed by atoms with E-state index in [2.05, 4.69) is 76.6 Å². The summed E-state index contributed by atoms with van der Waals surface area (Å²) in [7, 11) is 8.90. The fourth-order valence-corrected chi connectivity index (χ4v) is 4.06. The lowest BCUT2D eigenvalue weighted by molar-refractivity contribution is -0.828. The molecule has 2 heteroatoms. The molecule has 3 aliphatic rings. The maximum atomic E-state index is 2.51. The zero-order valence-corrected chi connectivity index (χ0v) is 16.0. The maximum absolute atomic E-state index is 2.51. The van der Waals surface area contributed by atoms with Gasteiger partial charge in [-0.05, 0) is 56.3 Å². The van der Waals surface area contributed by atoms with Gasteiger partial charge >= 0.3 is 0 Å². The first-order valence-electron chi connectivity index (χ1n) is 9.37. The first kappa shape index (κ1) is 17.3. The molecule has 0 fully saturated rings. The van der Waals surface area contributed by atoms with Crippen molar-refractivity contribution in [2.24, 2.45) is 5.92 Å². The second kappa shape index (κ2) is 6.76. The molecular formula is C22H33N2+. The Morgan fingerprint density at radius 3 is 2.50 bits per heavy atom. The van der Waals surface area contributed by atoms with Crippen molar-refractivity contribution in [2.45, 2.75) is 45.1 Å². The van der Waals surface area contributed by atoms with Crippen molar-refractivity contribution in [3.8, 4) is 0 Å². The summed E-state index contributed by atoms with van der Waals surface area (Å²) in [4.78, 5) is 2.39. The molecule has 0 aromatic rings. The number of nitrogens with zero attached hydrogens (tertiary/aromatic N) is 2.